The lowest BCUT2D eigenvalue weighted by Gasteiger charge is -2.36. The summed E-state index contributed by atoms with van der Waals surface area (Å²) in [6.45, 7) is 5.44. The molecule has 0 spiro atoms. The van der Waals surface area contributed by atoms with E-state index in [1.807, 2.05) is 11.8 Å². The Bertz CT molecular complexity index is 170. The first-order chi connectivity index (χ1) is 5.70. The van der Waals surface area contributed by atoms with Crippen LogP contribution in [0.4, 0.5) is 0 Å². The molecule has 3 nitrogen and oxygen atoms in total. The number of carbonyl (C=O) groups is 1. The molecular formula is C9H18N2O. The minimum absolute atomic E-state index is 0.0844. The standard InChI is InChI=1S/C9H18N2O/c1-3-11-7(2)4-5-8(6-10)9(11)12/h7-8H,3-6,10H2,1-2H3/t7-,8-/m0/s1. The Morgan fingerprint density at radius 3 is 2.75 bits per heavy atom. The van der Waals surface area contributed by atoms with Gasteiger partial charge in [-0.3, -0.25) is 4.79 Å². The van der Waals surface area contributed by atoms with Gasteiger partial charge in [-0.2, -0.15) is 0 Å². The van der Waals surface area contributed by atoms with Crippen molar-refractivity contribution in [3.63, 3.8) is 0 Å². The topological polar surface area (TPSA) is 46.3 Å². The van der Waals surface area contributed by atoms with E-state index in [9.17, 15) is 4.79 Å². The van der Waals surface area contributed by atoms with E-state index in [-0.39, 0.29) is 11.8 Å². The highest BCUT2D eigenvalue weighted by atomic mass is 16.2. The van der Waals surface area contributed by atoms with E-state index in [4.69, 9.17) is 5.73 Å². The van der Waals surface area contributed by atoms with Gasteiger partial charge in [-0.1, -0.05) is 0 Å². The van der Waals surface area contributed by atoms with E-state index >= 15 is 0 Å². The van der Waals surface area contributed by atoms with Crippen LogP contribution in [0, 0.1) is 5.92 Å². The molecule has 3 heteroatoms. The second-order valence-electron chi connectivity index (χ2n) is 3.48. The Morgan fingerprint density at radius 2 is 2.25 bits per heavy atom. The Kier molecular flexibility index (Phi) is 3.09. The molecule has 1 aliphatic heterocycles. The molecule has 1 fully saturated rings. The number of nitrogens with zero attached hydrogens (tertiary/aromatic N) is 1. The smallest absolute Gasteiger partial charge is 0.227 e. The average molecular weight is 170 g/mol. The maximum Gasteiger partial charge on any atom is 0.227 e. The SMILES string of the molecule is CCN1C(=O)[C@H](CN)CC[C@@H]1C. The summed E-state index contributed by atoms with van der Waals surface area (Å²) < 4.78 is 0. The first-order valence-corrected chi connectivity index (χ1v) is 4.71. The van der Waals surface area contributed by atoms with Crippen molar-refractivity contribution in [3.05, 3.63) is 0 Å². The van der Waals surface area contributed by atoms with Crippen molar-refractivity contribution in [1.82, 2.24) is 4.90 Å². The minimum Gasteiger partial charge on any atom is -0.340 e. The van der Waals surface area contributed by atoms with Crippen LogP contribution in [-0.2, 0) is 4.79 Å². The number of amides is 1. The molecule has 0 saturated carbocycles. The Hall–Kier alpha value is -0.570. The van der Waals surface area contributed by atoms with Crippen molar-refractivity contribution in [2.75, 3.05) is 13.1 Å². The maximum atomic E-state index is 11.6. The first-order valence-electron chi connectivity index (χ1n) is 4.71. The highest BCUT2D eigenvalue weighted by molar-refractivity contribution is 5.80. The molecule has 1 heterocycles. The van der Waals surface area contributed by atoms with Gasteiger partial charge in [-0.05, 0) is 26.7 Å². The lowest BCUT2D eigenvalue weighted by atomic mass is 9.93. The summed E-state index contributed by atoms with van der Waals surface area (Å²) in [6, 6.07) is 0.408. The second-order valence-corrected chi connectivity index (χ2v) is 3.48. The minimum atomic E-state index is 0.0844. The molecule has 12 heavy (non-hydrogen) atoms. The molecule has 0 radical (unpaired) electrons. The fraction of sp³-hybridized carbons (Fsp3) is 0.889. The Labute approximate surface area is 73.9 Å². The van der Waals surface area contributed by atoms with Gasteiger partial charge in [0.05, 0.1) is 5.92 Å². The van der Waals surface area contributed by atoms with Crippen LogP contribution in [0.25, 0.3) is 0 Å². The highest BCUT2D eigenvalue weighted by Gasteiger charge is 2.30. The number of nitrogens with two attached hydrogens (primary N) is 1. The van der Waals surface area contributed by atoms with E-state index in [0.717, 1.165) is 19.4 Å². The Balaban J connectivity index is 2.63. The van der Waals surface area contributed by atoms with Gasteiger partial charge in [-0.15, -0.1) is 0 Å². The molecular weight excluding hydrogens is 152 g/mol. The fourth-order valence-corrected chi connectivity index (χ4v) is 1.86. The predicted molar refractivity (Wildman–Crippen MR) is 48.6 cm³/mol. The summed E-state index contributed by atoms with van der Waals surface area (Å²) in [5, 5.41) is 0. The average Bonchev–Trinajstić information content (AvgIpc) is 2.06. The van der Waals surface area contributed by atoms with Gasteiger partial charge in [0.1, 0.15) is 0 Å². The van der Waals surface area contributed by atoms with Gasteiger partial charge in [0.25, 0.3) is 0 Å². The summed E-state index contributed by atoms with van der Waals surface area (Å²) in [7, 11) is 0. The lowest BCUT2D eigenvalue weighted by molar-refractivity contribution is -0.140. The summed E-state index contributed by atoms with van der Waals surface area (Å²) >= 11 is 0. The number of carbonyl (C=O) groups excluding carboxylic acids is 1. The van der Waals surface area contributed by atoms with Gasteiger partial charge >= 0.3 is 0 Å². The maximum absolute atomic E-state index is 11.6. The van der Waals surface area contributed by atoms with Crippen molar-refractivity contribution in [2.45, 2.75) is 32.7 Å². The zero-order chi connectivity index (χ0) is 9.14. The highest BCUT2D eigenvalue weighted by Crippen LogP contribution is 2.21. The van der Waals surface area contributed by atoms with E-state index in [0.29, 0.717) is 12.6 Å². The van der Waals surface area contributed by atoms with Crippen LogP contribution in [-0.4, -0.2) is 29.9 Å². The quantitative estimate of drug-likeness (QED) is 0.659. The van der Waals surface area contributed by atoms with Crippen LogP contribution in [0.15, 0.2) is 0 Å². The molecule has 1 rings (SSSR count). The molecule has 1 saturated heterocycles. The van der Waals surface area contributed by atoms with Gasteiger partial charge < -0.3 is 10.6 Å². The third-order valence-electron chi connectivity index (χ3n) is 2.72. The van der Waals surface area contributed by atoms with Crippen LogP contribution in [0.3, 0.4) is 0 Å². The zero-order valence-corrected chi connectivity index (χ0v) is 7.92. The Morgan fingerprint density at radius 1 is 1.58 bits per heavy atom. The van der Waals surface area contributed by atoms with Crippen molar-refractivity contribution in [1.29, 1.82) is 0 Å². The monoisotopic (exact) mass is 170 g/mol. The number of likely N-dealkylation sites (tertiary alicyclic amines) is 1. The van der Waals surface area contributed by atoms with Gasteiger partial charge in [0, 0.05) is 19.1 Å². The molecule has 70 valence electrons. The molecule has 2 atom stereocenters. The molecule has 0 aromatic heterocycles. The molecule has 0 aromatic rings. The van der Waals surface area contributed by atoms with E-state index in [2.05, 4.69) is 6.92 Å². The van der Waals surface area contributed by atoms with Crippen molar-refractivity contribution in [2.24, 2.45) is 11.7 Å². The van der Waals surface area contributed by atoms with Crippen LogP contribution >= 0.6 is 0 Å². The third kappa shape index (κ3) is 1.61. The normalized spacial score (nSPS) is 30.9. The second kappa shape index (κ2) is 3.90. The van der Waals surface area contributed by atoms with Crippen LogP contribution in [0.1, 0.15) is 26.7 Å². The molecule has 1 aliphatic rings. The van der Waals surface area contributed by atoms with Gasteiger partial charge in [0.2, 0.25) is 5.91 Å². The van der Waals surface area contributed by atoms with Crippen LogP contribution in [0.2, 0.25) is 0 Å². The van der Waals surface area contributed by atoms with Crippen LogP contribution in [0.5, 0.6) is 0 Å². The van der Waals surface area contributed by atoms with Gasteiger partial charge in [-0.25, -0.2) is 0 Å². The summed E-state index contributed by atoms with van der Waals surface area (Å²) in [4.78, 5) is 13.6. The van der Waals surface area contributed by atoms with E-state index in [1.54, 1.807) is 0 Å². The van der Waals surface area contributed by atoms with Gasteiger partial charge in [0.15, 0.2) is 0 Å². The molecule has 0 aromatic carbocycles. The van der Waals surface area contributed by atoms with Crippen molar-refractivity contribution < 1.29 is 4.79 Å². The van der Waals surface area contributed by atoms with Crippen LogP contribution < -0.4 is 5.73 Å². The number of rotatable bonds is 2. The molecule has 2 N–H and O–H groups in total. The van der Waals surface area contributed by atoms with E-state index in [1.165, 1.54) is 0 Å². The molecule has 0 unspecified atom stereocenters. The van der Waals surface area contributed by atoms with Crippen molar-refractivity contribution in [3.8, 4) is 0 Å². The zero-order valence-electron chi connectivity index (χ0n) is 7.92. The number of piperidine rings is 1. The third-order valence-corrected chi connectivity index (χ3v) is 2.72. The lowest BCUT2D eigenvalue weighted by Crippen LogP contribution is -2.48. The molecule has 0 aliphatic carbocycles. The van der Waals surface area contributed by atoms with Crippen molar-refractivity contribution >= 4 is 5.91 Å². The summed E-state index contributed by atoms with van der Waals surface area (Å²) in [5.74, 6) is 0.333. The number of hydrogen-bond acceptors (Lipinski definition) is 2. The van der Waals surface area contributed by atoms with E-state index < -0.39 is 0 Å². The molecule has 1 amide bonds. The number of hydrogen-bond donors (Lipinski definition) is 1. The summed E-state index contributed by atoms with van der Waals surface area (Å²) in [5.41, 5.74) is 5.51. The predicted octanol–water partition coefficient (Wildman–Crippen LogP) is 0.592. The molecule has 0 bridgehead atoms. The largest absolute Gasteiger partial charge is 0.340 e. The summed E-state index contributed by atoms with van der Waals surface area (Å²) in [6.07, 6.45) is 2.06. The fourth-order valence-electron chi connectivity index (χ4n) is 1.86. The first kappa shape index (κ1) is 9.52.